The number of hydrogen-bond acceptors (Lipinski definition) is 3. The zero-order valence-corrected chi connectivity index (χ0v) is 18.0. The van der Waals surface area contributed by atoms with Crippen LogP contribution >= 0.6 is 11.8 Å². The summed E-state index contributed by atoms with van der Waals surface area (Å²) in [7, 11) is 0. The second-order valence-electron chi connectivity index (χ2n) is 6.98. The van der Waals surface area contributed by atoms with E-state index < -0.39 is 24.3 Å². The summed E-state index contributed by atoms with van der Waals surface area (Å²) in [6.45, 7) is 1.51. The predicted molar refractivity (Wildman–Crippen MR) is 120 cm³/mol. The van der Waals surface area contributed by atoms with Gasteiger partial charge in [0.25, 0.3) is 0 Å². The molecule has 0 aliphatic heterocycles. The lowest BCUT2D eigenvalue weighted by Crippen LogP contribution is -2.09. The number of hydrogen-bond donors (Lipinski definition) is 1. The standard InChI is InChI=1S/C25H21F3O3S/c1-17-15-21(31-16-24(29)30)11-12-23(17)32-14-13-22(18-5-3-2-4-6-18)19-7-9-20(10-8-19)25(26,27)28/h2-13,15H,14,16H2,1H3,(H,29,30)/b22-13-. The number of ether oxygens (including phenoxy) is 1. The SMILES string of the molecule is Cc1cc(OCC(=O)O)ccc1SC/C=C(/c1ccccc1)c1ccc(C(F)(F)F)cc1. The van der Waals surface area contributed by atoms with E-state index in [2.05, 4.69) is 0 Å². The highest BCUT2D eigenvalue weighted by atomic mass is 32.2. The molecule has 3 rings (SSSR count). The van der Waals surface area contributed by atoms with Crippen LogP contribution in [-0.2, 0) is 11.0 Å². The number of carbonyl (C=O) groups is 1. The number of benzene rings is 3. The van der Waals surface area contributed by atoms with E-state index in [1.165, 1.54) is 12.1 Å². The van der Waals surface area contributed by atoms with E-state index in [4.69, 9.17) is 9.84 Å². The Balaban J connectivity index is 1.79. The number of aryl methyl sites for hydroxylation is 1. The molecule has 0 aromatic heterocycles. The Bertz CT molecular complexity index is 1090. The Kier molecular flexibility index (Phi) is 7.64. The summed E-state index contributed by atoms with van der Waals surface area (Å²) < 4.78 is 44.0. The molecule has 0 saturated carbocycles. The van der Waals surface area contributed by atoms with Gasteiger partial charge in [0.2, 0.25) is 0 Å². The topological polar surface area (TPSA) is 46.5 Å². The molecule has 3 nitrogen and oxygen atoms in total. The van der Waals surface area contributed by atoms with Gasteiger partial charge in [-0.3, -0.25) is 0 Å². The smallest absolute Gasteiger partial charge is 0.416 e. The Labute approximate surface area is 188 Å². The fraction of sp³-hybridized carbons (Fsp3) is 0.160. The first kappa shape index (κ1) is 23.5. The average Bonchev–Trinajstić information content (AvgIpc) is 2.76. The first-order chi connectivity index (χ1) is 15.2. The van der Waals surface area contributed by atoms with Crippen LogP contribution in [0.1, 0.15) is 22.3 Å². The van der Waals surface area contributed by atoms with Crippen LogP contribution in [0.5, 0.6) is 5.75 Å². The largest absolute Gasteiger partial charge is 0.482 e. The van der Waals surface area contributed by atoms with Crippen LogP contribution in [0.15, 0.2) is 83.8 Å². The lowest BCUT2D eigenvalue weighted by atomic mass is 9.97. The minimum Gasteiger partial charge on any atom is -0.482 e. The van der Waals surface area contributed by atoms with E-state index in [9.17, 15) is 18.0 Å². The van der Waals surface area contributed by atoms with E-state index >= 15 is 0 Å². The Morgan fingerprint density at radius 1 is 1.00 bits per heavy atom. The highest BCUT2D eigenvalue weighted by Crippen LogP contribution is 2.32. The van der Waals surface area contributed by atoms with Gasteiger partial charge in [0.05, 0.1) is 5.56 Å². The first-order valence-corrected chi connectivity index (χ1v) is 10.7. The maximum atomic E-state index is 12.9. The monoisotopic (exact) mass is 458 g/mol. The lowest BCUT2D eigenvalue weighted by Gasteiger charge is -2.12. The number of alkyl halides is 3. The van der Waals surface area contributed by atoms with Gasteiger partial charge in [0, 0.05) is 10.6 Å². The van der Waals surface area contributed by atoms with Gasteiger partial charge >= 0.3 is 12.1 Å². The number of aliphatic carboxylic acids is 1. The molecule has 3 aromatic rings. The second kappa shape index (κ2) is 10.4. The van der Waals surface area contributed by atoms with Crippen LogP contribution in [0, 0.1) is 6.92 Å². The molecule has 7 heteroatoms. The first-order valence-electron chi connectivity index (χ1n) is 9.75. The van der Waals surface area contributed by atoms with Crippen LogP contribution in [0.4, 0.5) is 13.2 Å². The molecule has 32 heavy (non-hydrogen) atoms. The number of thioether (sulfide) groups is 1. The zero-order chi connectivity index (χ0) is 23.1. The highest BCUT2D eigenvalue weighted by Gasteiger charge is 2.30. The van der Waals surface area contributed by atoms with Gasteiger partial charge in [-0.05, 0) is 59.5 Å². The van der Waals surface area contributed by atoms with Crippen molar-refractivity contribution in [2.24, 2.45) is 0 Å². The molecule has 0 amide bonds. The summed E-state index contributed by atoms with van der Waals surface area (Å²) >= 11 is 1.58. The fourth-order valence-electron chi connectivity index (χ4n) is 3.09. The molecule has 0 spiro atoms. The number of rotatable bonds is 8. The van der Waals surface area contributed by atoms with E-state index in [-0.39, 0.29) is 0 Å². The molecule has 0 heterocycles. The number of carboxylic acid groups (broad SMARTS) is 1. The molecule has 0 aliphatic carbocycles. The van der Waals surface area contributed by atoms with Crippen LogP contribution in [0.2, 0.25) is 0 Å². The van der Waals surface area contributed by atoms with Gasteiger partial charge in [-0.15, -0.1) is 11.8 Å². The second-order valence-corrected chi connectivity index (χ2v) is 8.04. The molecule has 3 aromatic carbocycles. The summed E-state index contributed by atoms with van der Waals surface area (Å²) in [5.41, 5.74) is 2.75. The molecule has 0 saturated heterocycles. The van der Waals surface area contributed by atoms with Crippen molar-refractivity contribution in [3.8, 4) is 5.75 Å². The molecule has 0 unspecified atom stereocenters. The van der Waals surface area contributed by atoms with Crippen molar-refractivity contribution in [2.75, 3.05) is 12.4 Å². The molecular formula is C25H21F3O3S. The fourth-order valence-corrected chi connectivity index (χ4v) is 3.97. The normalized spacial score (nSPS) is 11.9. The van der Waals surface area contributed by atoms with Crippen LogP contribution in [0.25, 0.3) is 5.57 Å². The average molecular weight is 459 g/mol. The number of carboxylic acids is 1. The summed E-state index contributed by atoms with van der Waals surface area (Å²) in [5, 5.41) is 8.72. The third kappa shape index (κ3) is 6.40. The van der Waals surface area contributed by atoms with Crippen molar-refractivity contribution in [1.82, 2.24) is 0 Å². The maximum absolute atomic E-state index is 12.9. The summed E-state index contributed by atoms with van der Waals surface area (Å²) in [6.07, 6.45) is -2.38. The third-order valence-corrected chi connectivity index (χ3v) is 5.75. The van der Waals surface area contributed by atoms with Crippen LogP contribution < -0.4 is 4.74 Å². The summed E-state index contributed by atoms with van der Waals surface area (Å²) in [4.78, 5) is 11.6. The van der Waals surface area contributed by atoms with Gasteiger partial charge < -0.3 is 9.84 Å². The van der Waals surface area contributed by atoms with Crippen molar-refractivity contribution in [3.63, 3.8) is 0 Å². The predicted octanol–water partition coefficient (Wildman–Crippen LogP) is 6.70. The highest BCUT2D eigenvalue weighted by molar-refractivity contribution is 7.99. The quantitative estimate of drug-likeness (QED) is 0.382. The molecule has 0 bridgehead atoms. The molecule has 166 valence electrons. The van der Waals surface area contributed by atoms with Gasteiger partial charge in [-0.2, -0.15) is 13.2 Å². The van der Waals surface area contributed by atoms with Crippen LogP contribution in [-0.4, -0.2) is 23.4 Å². The van der Waals surface area contributed by atoms with E-state index in [0.717, 1.165) is 33.7 Å². The van der Waals surface area contributed by atoms with Crippen LogP contribution in [0.3, 0.4) is 0 Å². The lowest BCUT2D eigenvalue weighted by molar-refractivity contribution is -0.139. The van der Waals surface area contributed by atoms with E-state index in [0.29, 0.717) is 17.1 Å². The van der Waals surface area contributed by atoms with E-state index in [1.807, 2.05) is 49.4 Å². The van der Waals surface area contributed by atoms with E-state index in [1.54, 1.807) is 23.9 Å². The Morgan fingerprint density at radius 2 is 1.66 bits per heavy atom. The third-order valence-electron chi connectivity index (χ3n) is 4.64. The Hall–Kier alpha value is -3.19. The minimum absolute atomic E-state index is 0.401. The molecule has 0 aliphatic rings. The van der Waals surface area contributed by atoms with Gasteiger partial charge in [-0.1, -0.05) is 48.5 Å². The molecular weight excluding hydrogens is 437 g/mol. The van der Waals surface area contributed by atoms with Gasteiger partial charge in [0.15, 0.2) is 6.61 Å². The van der Waals surface area contributed by atoms with Gasteiger partial charge in [-0.25, -0.2) is 4.79 Å². The van der Waals surface area contributed by atoms with Crippen molar-refractivity contribution < 1.29 is 27.8 Å². The van der Waals surface area contributed by atoms with Crippen molar-refractivity contribution in [3.05, 3.63) is 101 Å². The summed E-state index contributed by atoms with van der Waals surface area (Å²) in [6, 6.07) is 20.1. The van der Waals surface area contributed by atoms with Crippen molar-refractivity contribution >= 4 is 23.3 Å². The number of halogens is 3. The van der Waals surface area contributed by atoms with Gasteiger partial charge in [0.1, 0.15) is 5.75 Å². The molecule has 1 N–H and O–H groups in total. The zero-order valence-electron chi connectivity index (χ0n) is 17.2. The minimum atomic E-state index is -4.37. The van der Waals surface area contributed by atoms with Crippen molar-refractivity contribution in [2.45, 2.75) is 18.0 Å². The Morgan fingerprint density at radius 3 is 2.25 bits per heavy atom. The van der Waals surface area contributed by atoms with Crippen molar-refractivity contribution in [1.29, 1.82) is 0 Å². The summed E-state index contributed by atoms with van der Waals surface area (Å²) in [5.74, 6) is 0.0454. The molecule has 0 fully saturated rings. The molecule has 0 radical (unpaired) electrons. The molecule has 0 atom stereocenters. The maximum Gasteiger partial charge on any atom is 0.416 e.